The Hall–Kier alpha value is -1.75. The normalized spacial score (nSPS) is 10.4. The smallest absolute Gasteiger partial charge is 0.117 e. The Morgan fingerprint density at radius 1 is 1.43 bits per heavy atom. The lowest BCUT2D eigenvalue weighted by molar-refractivity contribution is 1.02. The van der Waals surface area contributed by atoms with Gasteiger partial charge < -0.3 is 5.73 Å². The van der Waals surface area contributed by atoms with Crippen molar-refractivity contribution in [3.8, 4) is 11.4 Å². The van der Waals surface area contributed by atoms with Gasteiger partial charge >= 0.3 is 0 Å². The average Bonchev–Trinajstić information content (AvgIpc) is 2.61. The minimum atomic E-state index is 0.453. The molecule has 2 rings (SSSR count). The number of nitrogens with two attached hydrogens (primary N) is 1. The number of aryl methyl sites for hydroxylation is 1. The Kier molecular flexibility index (Phi) is 2.24. The summed E-state index contributed by atoms with van der Waals surface area (Å²) in [5.74, 6) is 0. The zero-order chi connectivity index (χ0) is 9.97. The average molecular weight is 189 g/mol. The van der Waals surface area contributed by atoms with Gasteiger partial charge in [0.05, 0.1) is 6.20 Å². The molecule has 0 aliphatic heterocycles. The van der Waals surface area contributed by atoms with Crippen LogP contribution in [0.4, 0.5) is 0 Å². The third kappa shape index (κ3) is 1.38. The van der Waals surface area contributed by atoms with E-state index >= 15 is 0 Å². The van der Waals surface area contributed by atoms with E-state index in [1.54, 1.807) is 18.6 Å². The third-order valence-electron chi connectivity index (χ3n) is 2.08. The summed E-state index contributed by atoms with van der Waals surface area (Å²) in [5, 5.41) is 7.04. The highest BCUT2D eigenvalue weighted by Crippen LogP contribution is 2.19. The SMILES string of the molecule is Cc1[nH]nc(-c2cnccn2)c1CN. The first-order valence-corrected chi connectivity index (χ1v) is 4.33. The molecule has 0 spiro atoms. The second-order valence-corrected chi connectivity index (χ2v) is 2.97. The van der Waals surface area contributed by atoms with Gasteiger partial charge in [0.25, 0.3) is 0 Å². The lowest BCUT2D eigenvalue weighted by atomic mass is 10.1. The summed E-state index contributed by atoms with van der Waals surface area (Å²) in [6.45, 7) is 2.39. The molecule has 0 aliphatic carbocycles. The Morgan fingerprint density at radius 3 is 2.93 bits per heavy atom. The van der Waals surface area contributed by atoms with Crippen LogP contribution in [0, 0.1) is 6.92 Å². The van der Waals surface area contributed by atoms with Crippen molar-refractivity contribution in [3.63, 3.8) is 0 Å². The molecular formula is C9H11N5. The van der Waals surface area contributed by atoms with Crippen LogP contribution in [-0.4, -0.2) is 20.2 Å². The molecule has 0 bridgehead atoms. The molecule has 5 heteroatoms. The fraction of sp³-hybridized carbons (Fsp3) is 0.222. The minimum Gasteiger partial charge on any atom is -0.326 e. The summed E-state index contributed by atoms with van der Waals surface area (Å²) < 4.78 is 0. The Labute approximate surface area is 81.4 Å². The molecule has 0 saturated heterocycles. The van der Waals surface area contributed by atoms with Gasteiger partial charge in [0.1, 0.15) is 11.4 Å². The maximum Gasteiger partial charge on any atom is 0.117 e. The van der Waals surface area contributed by atoms with Crippen LogP contribution in [0.1, 0.15) is 11.3 Å². The number of nitrogens with zero attached hydrogens (tertiary/aromatic N) is 3. The van der Waals surface area contributed by atoms with Crippen molar-refractivity contribution in [2.45, 2.75) is 13.5 Å². The molecule has 0 amide bonds. The van der Waals surface area contributed by atoms with Crippen LogP contribution in [0.5, 0.6) is 0 Å². The molecule has 0 aromatic carbocycles. The first-order chi connectivity index (χ1) is 6.83. The Balaban J connectivity index is 2.52. The van der Waals surface area contributed by atoms with E-state index in [0.717, 1.165) is 22.6 Å². The largest absolute Gasteiger partial charge is 0.326 e. The van der Waals surface area contributed by atoms with E-state index in [0.29, 0.717) is 6.54 Å². The summed E-state index contributed by atoms with van der Waals surface area (Å²) >= 11 is 0. The highest BCUT2D eigenvalue weighted by molar-refractivity contribution is 5.58. The van der Waals surface area contributed by atoms with Crippen molar-refractivity contribution in [3.05, 3.63) is 29.8 Å². The summed E-state index contributed by atoms with van der Waals surface area (Å²) in [4.78, 5) is 8.16. The highest BCUT2D eigenvalue weighted by atomic mass is 15.1. The second-order valence-electron chi connectivity index (χ2n) is 2.97. The molecule has 3 N–H and O–H groups in total. The molecule has 0 saturated carbocycles. The van der Waals surface area contributed by atoms with Gasteiger partial charge in [-0.3, -0.25) is 15.1 Å². The van der Waals surface area contributed by atoms with Crippen molar-refractivity contribution >= 4 is 0 Å². The number of rotatable bonds is 2. The van der Waals surface area contributed by atoms with Crippen molar-refractivity contribution in [2.75, 3.05) is 0 Å². The summed E-state index contributed by atoms with van der Waals surface area (Å²) in [5.41, 5.74) is 9.13. The quantitative estimate of drug-likeness (QED) is 0.726. The second kappa shape index (κ2) is 3.55. The fourth-order valence-electron chi connectivity index (χ4n) is 1.34. The lowest BCUT2D eigenvalue weighted by Crippen LogP contribution is -1.99. The number of hydrogen-bond acceptors (Lipinski definition) is 4. The van der Waals surface area contributed by atoms with Crippen molar-refractivity contribution < 1.29 is 0 Å². The fourth-order valence-corrected chi connectivity index (χ4v) is 1.34. The highest BCUT2D eigenvalue weighted by Gasteiger charge is 2.11. The minimum absolute atomic E-state index is 0.453. The van der Waals surface area contributed by atoms with Crippen LogP contribution in [0.3, 0.4) is 0 Å². The van der Waals surface area contributed by atoms with Crippen LogP contribution in [0.25, 0.3) is 11.4 Å². The van der Waals surface area contributed by atoms with E-state index in [-0.39, 0.29) is 0 Å². The molecule has 2 aromatic rings. The van der Waals surface area contributed by atoms with Crippen molar-refractivity contribution in [1.82, 2.24) is 20.2 Å². The molecule has 2 heterocycles. The van der Waals surface area contributed by atoms with Gasteiger partial charge in [0.15, 0.2) is 0 Å². The molecule has 0 atom stereocenters. The van der Waals surface area contributed by atoms with Gasteiger partial charge in [-0.15, -0.1) is 0 Å². The zero-order valence-electron chi connectivity index (χ0n) is 7.86. The molecule has 0 fully saturated rings. The number of H-pyrrole nitrogens is 1. The lowest BCUT2D eigenvalue weighted by Gasteiger charge is -1.98. The molecule has 0 aliphatic rings. The van der Waals surface area contributed by atoms with E-state index in [2.05, 4.69) is 20.2 Å². The van der Waals surface area contributed by atoms with E-state index < -0.39 is 0 Å². The van der Waals surface area contributed by atoms with Crippen LogP contribution in [0.2, 0.25) is 0 Å². The molecule has 72 valence electrons. The molecule has 2 aromatic heterocycles. The van der Waals surface area contributed by atoms with Gasteiger partial charge in [-0.25, -0.2) is 0 Å². The first kappa shape index (κ1) is 8.83. The molecule has 5 nitrogen and oxygen atoms in total. The van der Waals surface area contributed by atoms with Gasteiger partial charge in [0, 0.05) is 30.2 Å². The summed E-state index contributed by atoms with van der Waals surface area (Å²) in [7, 11) is 0. The summed E-state index contributed by atoms with van der Waals surface area (Å²) in [6.07, 6.45) is 4.94. The van der Waals surface area contributed by atoms with E-state index in [1.807, 2.05) is 6.92 Å². The Bertz CT molecular complexity index is 420. The summed E-state index contributed by atoms with van der Waals surface area (Å²) in [6, 6.07) is 0. The maximum absolute atomic E-state index is 5.63. The number of hydrogen-bond donors (Lipinski definition) is 2. The predicted molar refractivity (Wildman–Crippen MR) is 52.2 cm³/mol. The monoisotopic (exact) mass is 189 g/mol. The molecule has 0 unspecified atom stereocenters. The van der Waals surface area contributed by atoms with Crippen LogP contribution in [-0.2, 0) is 6.54 Å². The van der Waals surface area contributed by atoms with Gasteiger partial charge in [-0.2, -0.15) is 5.10 Å². The zero-order valence-corrected chi connectivity index (χ0v) is 7.86. The Morgan fingerprint density at radius 2 is 2.29 bits per heavy atom. The van der Waals surface area contributed by atoms with Gasteiger partial charge in [-0.05, 0) is 6.92 Å². The van der Waals surface area contributed by atoms with Crippen LogP contribution < -0.4 is 5.73 Å². The predicted octanol–water partition coefficient (Wildman–Crippen LogP) is 0.634. The molecule has 0 radical (unpaired) electrons. The number of aromatic nitrogens is 4. The van der Waals surface area contributed by atoms with E-state index in [9.17, 15) is 0 Å². The van der Waals surface area contributed by atoms with E-state index in [4.69, 9.17) is 5.73 Å². The maximum atomic E-state index is 5.63. The third-order valence-corrected chi connectivity index (χ3v) is 2.08. The standard InChI is InChI=1S/C9H11N5/c1-6-7(4-10)9(14-13-6)8-5-11-2-3-12-8/h2-3,5H,4,10H2,1H3,(H,13,14). The van der Waals surface area contributed by atoms with Crippen molar-refractivity contribution in [2.24, 2.45) is 5.73 Å². The van der Waals surface area contributed by atoms with E-state index in [1.165, 1.54) is 0 Å². The number of aromatic amines is 1. The topological polar surface area (TPSA) is 80.5 Å². The van der Waals surface area contributed by atoms with Gasteiger partial charge in [0.2, 0.25) is 0 Å². The molecule has 14 heavy (non-hydrogen) atoms. The van der Waals surface area contributed by atoms with Crippen LogP contribution in [0.15, 0.2) is 18.6 Å². The number of nitrogens with one attached hydrogen (secondary N) is 1. The van der Waals surface area contributed by atoms with Crippen LogP contribution >= 0.6 is 0 Å². The van der Waals surface area contributed by atoms with Gasteiger partial charge in [-0.1, -0.05) is 0 Å². The first-order valence-electron chi connectivity index (χ1n) is 4.33. The van der Waals surface area contributed by atoms with Crippen molar-refractivity contribution in [1.29, 1.82) is 0 Å². The molecular weight excluding hydrogens is 178 g/mol.